The molecule has 2 N–H and O–H groups in total. The van der Waals surface area contributed by atoms with Crippen LogP contribution >= 0.6 is 0 Å². The summed E-state index contributed by atoms with van der Waals surface area (Å²) in [5.41, 5.74) is 0. The maximum atomic E-state index is 11.4. The SMILES string of the molecule is CCCCCC(CCCCCCCCCCCCCCO)S(=O)(=O)O. The molecule has 0 rings (SSSR count). The van der Waals surface area contributed by atoms with Gasteiger partial charge in [0.1, 0.15) is 0 Å². The summed E-state index contributed by atoms with van der Waals surface area (Å²) >= 11 is 0. The van der Waals surface area contributed by atoms with Gasteiger partial charge in [0.2, 0.25) is 0 Å². The molecule has 0 saturated carbocycles. The van der Waals surface area contributed by atoms with Crippen LogP contribution < -0.4 is 0 Å². The van der Waals surface area contributed by atoms with Gasteiger partial charge < -0.3 is 5.11 Å². The quantitative estimate of drug-likeness (QED) is 0.217. The molecule has 0 aliphatic rings. The fourth-order valence-corrected chi connectivity index (χ4v) is 4.24. The standard InChI is InChI=1S/C20H42O4S/c1-2-3-14-17-20(25(22,23)24)18-15-12-10-8-6-4-5-7-9-11-13-16-19-21/h20-21H,2-19H2,1H3,(H,22,23,24). The summed E-state index contributed by atoms with van der Waals surface area (Å²) in [5.74, 6) is 0. The van der Waals surface area contributed by atoms with Crippen molar-refractivity contribution in [3.8, 4) is 0 Å². The molecule has 4 nitrogen and oxygen atoms in total. The molecule has 1 atom stereocenters. The van der Waals surface area contributed by atoms with Gasteiger partial charge in [-0.2, -0.15) is 8.42 Å². The van der Waals surface area contributed by atoms with Crippen LogP contribution in [0.1, 0.15) is 116 Å². The van der Waals surface area contributed by atoms with E-state index in [2.05, 4.69) is 6.92 Å². The summed E-state index contributed by atoms with van der Waals surface area (Å²) in [7, 11) is -3.88. The summed E-state index contributed by atoms with van der Waals surface area (Å²) < 4.78 is 32.2. The Hall–Kier alpha value is -0.130. The zero-order valence-electron chi connectivity index (χ0n) is 16.4. The molecule has 0 aromatic heterocycles. The first kappa shape index (κ1) is 24.9. The molecule has 0 fully saturated rings. The van der Waals surface area contributed by atoms with Crippen molar-refractivity contribution in [2.24, 2.45) is 0 Å². The predicted molar refractivity (Wildman–Crippen MR) is 107 cm³/mol. The molecule has 0 amide bonds. The maximum absolute atomic E-state index is 11.4. The van der Waals surface area contributed by atoms with Gasteiger partial charge in [-0.3, -0.25) is 4.55 Å². The van der Waals surface area contributed by atoms with E-state index in [1.807, 2.05) is 0 Å². The number of hydrogen-bond donors (Lipinski definition) is 2. The number of unbranched alkanes of at least 4 members (excludes halogenated alkanes) is 13. The van der Waals surface area contributed by atoms with Crippen molar-refractivity contribution in [3.05, 3.63) is 0 Å². The highest BCUT2D eigenvalue weighted by Crippen LogP contribution is 2.18. The van der Waals surface area contributed by atoms with Crippen molar-refractivity contribution in [2.75, 3.05) is 6.61 Å². The van der Waals surface area contributed by atoms with Crippen LogP contribution in [-0.2, 0) is 10.1 Å². The minimum Gasteiger partial charge on any atom is -0.396 e. The van der Waals surface area contributed by atoms with Crippen LogP contribution in [0.4, 0.5) is 0 Å². The van der Waals surface area contributed by atoms with Gasteiger partial charge in [0.15, 0.2) is 0 Å². The van der Waals surface area contributed by atoms with Gasteiger partial charge in [-0.15, -0.1) is 0 Å². The highest BCUT2D eigenvalue weighted by Gasteiger charge is 2.21. The second-order valence-electron chi connectivity index (χ2n) is 7.39. The first-order chi connectivity index (χ1) is 12.0. The van der Waals surface area contributed by atoms with E-state index in [4.69, 9.17) is 5.11 Å². The molecule has 0 spiro atoms. The van der Waals surface area contributed by atoms with Crippen LogP contribution in [0, 0.1) is 0 Å². The second kappa shape index (κ2) is 17.3. The Bertz CT molecular complexity index is 368. The molecule has 0 aliphatic carbocycles. The van der Waals surface area contributed by atoms with Gasteiger partial charge in [-0.05, 0) is 19.3 Å². The van der Waals surface area contributed by atoms with Gasteiger partial charge in [0.05, 0.1) is 5.25 Å². The summed E-state index contributed by atoms with van der Waals surface area (Å²) in [6.07, 6.45) is 18.4. The third-order valence-corrected chi connectivity index (χ3v) is 6.30. The third kappa shape index (κ3) is 17.1. The molecule has 0 radical (unpaired) electrons. The zero-order chi connectivity index (χ0) is 18.8. The van der Waals surface area contributed by atoms with E-state index in [0.29, 0.717) is 19.4 Å². The van der Waals surface area contributed by atoms with Crippen LogP contribution in [0.3, 0.4) is 0 Å². The average Bonchev–Trinajstić information content (AvgIpc) is 2.56. The van der Waals surface area contributed by atoms with Crippen molar-refractivity contribution in [1.82, 2.24) is 0 Å². The summed E-state index contributed by atoms with van der Waals surface area (Å²) in [4.78, 5) is 0. The van der Waals surface area contributed by atoms with Gasteiger partial charge >= 0.3 is 0 Å². The molecule has 0 heterocycles. The Morgan fingerprint density at radius 3 is 1.36 bits per heavy atom. The predicted octanol–water partition coefficient (Wildman–Crippen LogP) is 5.89. The van der Waals surface area contributed by atoms with Crippen molar-refractivity contribution in [3.63, 3.8) is 0 Å². The van der Waals surface area contributed by atoms with Crippen LogP contribution in [-0.4, -0.2) is 29.9 Å². The molecule has 0 aromatic rings. The Balaban J connectivity index is 3.48. The van der Waals surface area contributed by atoms with Gasteiger partial charge in [-0.25, -0.2) is 0 Å². The summed E-state index contributed by atoms with van der Waals surface area (Å²) in [6.45, 7) is 2.42. The highest BCUT2D eigenvalue weighted by molar-refractivity contribution is 7.86. The van der Waals surface area contributed by atoms with Crippen LogP contribution in [0.25, 0.3) is 0 Å². The number of hydrogen-bond acceptors (Lipinski definition) is 3. The molecular weight excluding hydrogens is 336 g/mol. The summed E-state index contributed by atoms with van der Waals surface area (Å²) in [6, 6.07) is 0. The minimum absolute atomic E-state index is 0.323. The van der Waals surface area contributed by atoms with E-state index in [0.717, 1.165) is 44.9 Å². The van der Waals surface area contributed by atoms with E-state index in [-0.39, 0.29) is 0 Å². The molecule has 0 aromatic carbocycles. The van der Waals surface area contributed by atoms with Crippen molar-refractivity contribution >= 4 is 10.1 Å². The maximum Gasteiger partial charge on any atom is 0.267 e. The van der Waals surface area contributed by atoms with Crippen molar-refractivity contribution in [2.45, 2.75) is 121 Å². The molecule has 5 heteroatoms. The lowest BCUT2D eigenvalue weighted by Crippen LogP contribution is -2.20. The molecule has 0 saturated heterocycles. The Kier molecular flexibility index (Phi) is 17.2. The lowest BCUT2D eigenvalue weighted by molar-refractivity contribution is 0.282. The van der Waals surface area contributed by atoms with E-state index in [1.54, 1.807) is 0 Å². The average molecular weight is 379 g/mol. The van der Waals surface area contributed by atoms with Gasteiger partial charge in [-0.1, -0.05) is 96.8 Å². The number of rotatable bonds is 19. The number of aliphatic hydroxyl groups is 1. The molecule has 1 unspecified atom stereocenters. The van der Waals surface area contributed by atoms with E-state index in [1.165, 1.54) is 51.4 Å². The monoisotopic (exact) mass is 378 g/mol. The van der Waals surface area contributed by atoms with E-state index in [9.17, 15) is 13.0 Å². The zero-order valence-corrected chi connectivity index (χ0v) is 17.2. The lowest BCUT2D eigenvalue weighted by Gasteiger charge is -2.13. The first-order valence-electron chi connectivity index (χ1n) is 10.6. The topological polar surface area (TPSA) is 74.6 Å². The van der Waals surface area contributed by atoms with Crippen LogP contribution in [0.5, 0.6) is 0 Å². The van der Waals surface area contributed by atoms with Crippen molar-refractivity contribution < 1.29 is 18.1 Å². The third-order valence-electron chi connectivity index (χ3n) is 4.99. The van der Waals surface area contributed by atoms with Gasteiger partial charge in [0, 0.05) is 6.61 Å². The summed E-state index contributed by atoms with van der Waals surface area (Å²) in [5, 5.41) is 8.15. The molecular formula is C20H42O4S. The lowest BCUT2D eigenvalue weighted by atomic mass is 10.0. The molecule has 152 valence electrons. The second-order valence-corrected chi connectivity index (χ2v) is 9.08. The largest absolute Gasteiger partial charge is 0.396 e. The Labute approximate surface area is 156 Å². The first-order valence-corrected chi connectivity index (χ1v) is 12.1. The van der Waals surface area contributed by atoms with Gasteiger partial charge in [0.25, 0.3) is 10.1 Å². The minimum atomic E-state index is -3.88. The fraction of sp³-hybridized carbons (Fsp3) is 1.00. The molecule has 0 aliphatic heterocycles. The van der Waals surface area contributed by atoms with Crippen LogP contribution in [0.2, 0.25) is 0 Å². The fourth-order valence-electron chi connectivity index (χ4n) is 3.32. The molecule has 25 heavy (non-hydrogen) atoms. The van der Waals surface area contributed by atoms with Crippen LogP contribution in [0.15, 0.2) is 0 Å². The smallest absolute Gasteiger partial charge is 0.267 e. The molecule has 0 bridgehead atoms. The van der Waals surface area contributed by atoms with E-state index >= 15 is 0 Å². The normalized spacial score (nSPS) is 13.2. The van der Waals surface area contributed by atoms with E-state index < -0.39 is 15.4 Å². The Morgan fingerprint density at radius 2 is 1.00 bits per heavy atom. The Morgan fingerprint density at radius 1 is 0.640 bits per heavy atom. The van der Waals surface area contributed by atoms with Crippen molar-refractivity contribution in [1.29, 1.82) is 0 Å². The highest BCUT2D eigenvalue weighted by atomic mass is 32.2. The number of aliphatic hydroxyl groups excluding tert-OH is 1.